The molecule has 1 atom stereocenters. The predicted molar refractivity (Wildman–Crippen MR) is 104 cm³/mol. The van der Waals surface area contributed by atoms with Crippen LogP contribution in [0.1, 0.15) is 27.8 Å². The van der Waals surface area contributed by atoms with Gasteiger partial charge in [0, 0.05) is 12.8 Å². The van der Waals surface area contributed by atoms with Crippen LogP contribution in [0.2, 0.25) is 0 Å². The van der Waals surface area contributed by atoms with E-state index in [1.54, 1.807) is 23.9 Å². The van der Waals surface area contributed by atoms with Crippen molar-refractivity contribution in [3.05, 3.63) is 65.5 Å². The van der Waals surface area contributed by atoms with Gasteiger partial charge in [0.15, 0.2) is 28.6 Å². The van der Waals surface area contributed by atoms with Gasteiger partial charge in [-0.15, -0.1) is 10.2 Å². The van der Waals surface area contributed by atoms with Crippen LogP contribution < -0.4 is 9.47 Å². The number of hydrogen-bond acceptors (Lipinski definition) is 7. The van der Waals surface area contributed by atoms with Crippen molar-refractivity contribution in [3.8, 4) is 11.5 Å². The van der Waals surface area contributed by atoms with Gasteiger partial charge in [0.2, 0.25) is 0 Å². The van der Waals surface area contributed by atoms with E-state index < -0.39 is 0 Å². The molecule has 8 heteroatoms. The van der Waals surface area contributed by atoms with Gasteiger partial charge in [-0.3, -0.25) is 0 Å². The van der Waals surface area contributed by atoms with Crippen LogP contribution in [0.25, 0.3) is 0 Å². The lowest BCUT2D eigenvalue weighted by molar-refractivity contribution is 0.0600. The number of para-hydroxylation sites is 2. The highest BCUT2D eigenvalue weighted by molar-refractivity contribution is 7.98. The first-order chi connectivity index (χ1) is 13.7. The van der Waals surface area contributed by atoms with Gasteiger partial charge < -0.3 is 18.8 Å². The van der Waals surface area contributed by atoms with E-state index in [4.69, 9.17) is 14.2 Å². The molecule has 28 heavy (non-hydrogen) atoms. The molecule has 0 spiro atoms. The van der Waals surface area contributed by atoms with Gasteiger partial charge in [0.05, 0.1) is 12.7 Å². The van der Waals surface area contributed by atoms with Gasteiger partial charge in [-0.05, 0) is 29.8 Å². The fourth-order valence-corrected chi connectivity index (χ4v) is 3.76. The highest BCUT2D eigenvalue weighted by Crippen LogP contribution is 2.36. The number of aromatic nitrogens is 3. The number of hydrogen-bond donors (Lipinski definition) is 0. The van der Waals surface area contributed by atoms with Crippen molar-refractivity contribution in [1.82, 2.24) is 14.8 Å². The fourth-order valence-electron chi connectivity index (χ4n) is 2.88. The van der Waals surface area contributed by atoms with E-state index in [0.717, 1.165) is 22.3 Å². The molecule has 2 heterocycles. The quantitative estimate of drug-likeness (QED) is 0.482. The number of carbonyl (C=O) groups is 1. The molecular formula is C20H19N3O4S. The highest BCUT2D eigenvalue weighted by Gasteiger charge is 2.27. The molecule has 7 nitrogen and oxygen atoms in total. The lowest BCUT2D eigenvalue weighted by atomic mass is 10.1. The number of ether oxygens (including phenoxy) is 3. The Bertz CT molecular complexity index is 987. The van der Waals surface area contributed by atoms with Crippen LogP contribution in [0, 0.1) is 0 Å². The number of carbonyl (C=O) groups excluding carboxylic acids is 1. The first-order valence-corrected chi connectivity index (χ1v) is 9.72. The molecule has 0 aliphatic carbocycles. The largest absolute Gasteiger partial charge is 0.485 e. The molecule has 4 rings (SSSR count). The van der Waals surface area contributed by atoms with Crippen LogP contribution in [-0.4, -0.2) is 34.5 Å². The zero-order valence-electron chi connectivity index (χ0n) is 15.5. The average molecular weight is 397 g/mol. The smallest absolute Gasteiger partial charge is 0.337 e. The summed E-state index contributed by atoms with van der Waals surface area (Å²) in [5, 5.41) is 9.37. The summed E-state index contributed by atoms with van der Waals surface area (Å²) in [6, 6.07) is 14.9. The lowest BCUT2D eigenvalue weighted by Gasteiger charge is -2.25. The molecule has 0 N–H and O–H groups in total. The van der Waals surface area contributed by atoms with Crippen molar-refractivity contribution in [2.75, 3.05) is 13.7 Å². The zero-order valence-corrected chi connectivity index (χ0v) is 16.3. The summed E-state index contributed by atoms with van der Waals surface area (Å²) in [6.45, 7) is 0.392. The summed E-state index contributed by atoms with van der Waals surface area (Å²) >= 11 is 1.57. The van der Waals surface area contributed by atoms with Crippen molar-refractivity contribution < 1.29 is 19.0 Å². The van der Waals surface area contributed by atoms with Crippen LogP contribution in [0.3, 0.4) is 0 Å². The molecule has 2 aromatic carbocycles. The monoisotopic (exact) mass is 397 g/mol. The molecule has 0 bridgehead atoms. The number of esters is 1. The summed E-state index contributed by atoms with van der Waals surface area (Å²) in [5.41, 5.74) is 1.61. The van der Waals surface area contributed by atoms with E-state index in [1.165, 1.54) is 7.11 Å². The summed E-state index contributed by atoms with van der Waals surface area (Å²) in [5.74, 6) is 2.54. The van der Waals surface area contributed by atoms with Crippen molar-refractivity contribution in [3.63, 3.8) is 0 Å². The van der Waals surface area contributed by atoms with Crippen LogP contribution in [0.5, 0.6) is 11.5 Å². The number of nitrogens with zero attached hydrogens (tertiary/aromatic N) is 3. The first kappa shape index (κ1) is 18.4. The molecule has 0 fully saturated rings. The number of thioether (sulfide) groups is 1. The molecule has 0 radical (unpaired) electrons. The maximum absolute atomic E-state index is 11.5. The number of methoxy groups -OCH3 is 1. The highest BCUT2D eigenvalue weighted by atomic mass is 32.2. The average Bonchev–Trinajstić information content (AvgIpc) is 3.12. The SMILES string of the molecule is COC(=O)c1ccc(CSc2nnc(C3COc4ccccc4O3)n2C)cc1. The van der Waals surface area contributed by atoms with Crippen molar-refractivity contribution in [2.24, 2.45) is 7.05 Å². The second kappa shape index (κ2) is 7.93. The summed E-state index contributed by atoms with van der Waals surface area (Å²) < 4.78 is 18.4. The standard InChI is InChI=1S/C20H19N3O4S/c1-23-18(17-11-26-15-5-3-4-6-16(15)27-17)21-22-20(23)28-12-13-7-9-14(10-8-13)19(24)25-2/h3-10,17H,11-12H2,1-2H3. The number of rotatable bonds is 5. The summed E-state index contributed by atoms with van der Waals surface area (Å²) in [6.07, 6.45) is -0.305. The van der Waals surface area contributed by atoms with Gasteiger partial charge in [-0.1, -0.05) is 36.0 Å². The second-order valence-electron chi connectivity index (χ2n) is 6.24. The van der Waals surface area contributed by atoms with Crippen LogP contribution in [0.4, 0.5) is 0 Å². The molecule has 0 saturated carbocycles. The van der Waals surface area contributed by atoms with Crippen LogP contribution >= 0.6 is 11.8 Å². The number of fused-ring (bicyclic) bond motifs is 1. The van der Waals surface area contributed by atoms with Crippen molar-refractivity contribution in [2.45, 2.75) is 17.0 Å². The molecule has 1 aliphatic rings. The van der Waals surface area contributed by atoms with Gasteiger partial charge in [-0.2, -0.15) is 0 Å². The van der Waals surface area contributed by atoms with Gasteiger partial charge in [0.1, 0.15) is 6.61 Å². The molecule has 0 saturated heterocycles. The van der Waals surface area contributed by atoms with Crippen molar-refractivity contribution in [1.29, 1.82) is 0 Å². The number of benzene rings is 2. The van der Waals surface area contributed by atoms with Crippen LogP contribution in [-0.2, 0) is 17.5 Å². The zero-order chi connectivity index (χ0) is 19.5. The first-order valence-electron chi connectivity index (χ1n) is 8.73. The predicted octanol–water partition coefficient (Wildman–Crippen LogP) is 3.41. The topological polar surface area (TPSA) is 75.5 Å². The minimum atomic E-state index is -0.339. The Kier molecular flexibility index (Phi) is 5.21. The maximum atomic E-state index is 11.5. The Morgan fingerprint density at radius 2 is 1.93 bits per heavy atom. The Hall–Kier alpha value is -3.00. The van der Waals surface area contributed by atoms with Crippen LogP contribution in [0.15, 0.2) is 53.7 Å². The third-order valence-corrected chi connectivity index (χ3v) is 5.50. The fraction of sp³-hybridized carbons (Fsp3) is 0.250. The third-order valence-electron chi connectivity index (χ3n) is 4.41. The Labute approximate surface area is 166 Å². The molecule has 1 aromatic heterocycles. The molecule has 0 amide bonds. The van der Waals surface area contributed by atoms with E-state index in [9.17, 15) is 4.79 Å². The normalized spacial score (nSPS) is 15.3. The van der Waals surface area contributed by atoms with Crippen molar-refractivity contribution >= 4 is 17.7 Å². The van der Waals surface area contributed by atoms with E-state index in [0.29, 0.717) is 23.7 Å². The van der Waals surface area contributed by atoms with E-state index in [2.05, 4.69) is 10.2 Å². The van der Waals surface area contributed by atoms with Gasteiger partial charge in [0.25, 0.3) is 0 Å². The van der Waals surface area contributed by atoms with Gasteiger partial charge in [-0.25, -0.2) is 4.79 Å². The van der Waals surface area contributed by atoms with E-state index in [1.807, 2.05) is 48.0 Å². The van der Waals surface area contributed by atoms with E-state index >= 15 is 0 Å². The Morgan fingerprint density at radius 1 is 1.18 bits per heavy atom. The minimum Gasteiger partial charge on any atom is -0.485 e. The minimum absolute atomic E-state index is 0.305. The molecular weight excluding hydrogens is 378 g/mol. The maximum Gasteiger partial charge on any atom is 0.337 e. The summed E-state index contributed by atoms with van der Waals surface area (Å²) in [4.78, 5) is 11.5. The van der Waals surface area contributed by atoms with E-state index in [-0.39, 0.29) is 12.1 Å². The molecule has 1 aliphatic heterocycles. The molecule has 144 valence electrons. The Balaban J connectivity index is 1.42. The molecule has 3 aromatic rings. The summed E-state index contributed by atoms with van der Waals surface area (Å²) in [7, 11) is 3.29. The second-order valence-corrected chi connectivity index (χ2v) is 7.18. The third kappa shape index (κ3) is 3.68. The Morgan fingerprint density at radius 3 is 2.68 bits per heavy atom. The van der Waals surface area contributed by atoms with Gasteiger partial charge >= 0.3 is 5.97 Å². The molecule has 1 unspecified atom stereocenters. The lowest BCUT2D eigenvalue weighted by Crippen LogP contribution is -2.24.